The summed E-state index contributed by atoms with van der Waals surface area (Å²) in [6, 6.07) is 4.62. The number of carbonyl (C=O) groups is 3. The van der Waals surface area contributed by atoms with Crippen molar-refractivity contribution in [2.75, 3.05) is 32.5 Å². The number of benzene rings is 1. The molecule has 0 aliphatic carbocycles. The van der Waals surface area contributed by atoms with E-state index in [0.717, 1.165) is 0 Å². The van der Waals surface area contributed by atoms with Crippen molar-refractivity contribution in [1.29, 1.82) is 0 Å². The van der Waals surface area contributed by atoms with Crippen LogP contribution in [-0.4, -0.2) is 49.6 Å². The number of hydrogen-bond acceptors (Lipinski definition) is 6. The summed E-state index contributed by atoms with van der Waals surface area (Å²) in [6.07, 6.45) is 1.07. The van der Waals surface area contributed by atoms with Crippen LogP contribution in [0.25, 0.3) is 0 Å². The summed E-state index contributed by atoms with van der Waals surface area (Å²) in [7, 11) is 1.35. The zero-order chi connectivity index (χ0) is 17.7. The van der Waals surface area contributed by atoms with Gasteiger partial charge in [0.15, 0.2) is 6.61 Å². The number of anilines is 1. The Morgan fingerprint density at radius 3 is 2.58 bits per heavy atom. The first-order valence-corrected chi connectivity index (χ1v) is 7.88. The highest BCUT2D eigenvalue weighted by Gasteiger charge is 2.28. The summed E-state index contributed by atoms with van der Waals surface area (Å²) in [5, 5.41) is 0.251. The Balaban J connectivity index is 1.84. The van der Waals surface area contributed by atoms with Crippen LogP contribution in [-0.2, 0) is 19.1 Å². The standard InChI is InChI=1S/C16H19ClN2O5/c1-23-15(21)10-5-7-19(8-6-10)13(20)9-24-16(22)11-3-2-4-12(17)14(11)18/h2-4,10H,5-9,18H2,1H3. The minimum absolute atomic E-state index is 0.121. The van der Waals surface area contributed by atoms with Gasteiger partial charge in [-0.3, -0.25) is 9.59 Å². The minimum atomic E-state index is -0.701. The topological polar surface area (TPSA) is 98.9 Å². The fourth-order valence-corrected chi connectivity index (χ4v) is 2.72. The quantitative estimate of drug-likeness (QED) is 0.649. The zero-order valence-electron chi connectivity index (χ0n) is 13.3. The van der Waals surface area contributed by atoms with Crippen LogP contribution in [0.4, 0.5) is 5.69 Å². The number of carbonyl (C=O) groups excluding carboxylic acids is 3. The molecule has 7 nitrogen and oxygen atoms in total. The van der Waals surface area contributed by atoms with Crippen molar-refractivity contribution >= 4 is 35.1 Å². The van der Waals surface area contributed by atoms with E-state index in [9.17, 15) is 14.4 Å². The van der Waals surface area contributed by atoms with Crippen molar-refractivity contribution in [2.45, 2.75) is 12.8 Å². The Hall–Kier alpha value is -2.28. The van der Waals surface area contributed by atoms with Crippen molar-refractivity contribution in [3.05, 3.63) is 28.8 Å². The molecule has 1 amide bonds. The highest BCUT2D eigenvalue weighted by atomic mass is 35.5. The summed E-state index contributed by atoms with van der Waals surface area (Å²) >= 11 is 5.85. The molecule has 0 atom stereocenters. The lowest BCUT2D eigenvalue weighted by Crippen LogP contribution is -2.42. The summed E-state index contributed by atoms with van der Waals surface area (Å²) in [5.41, 5.74) is 5.96. The van der Waals surface area contributed by atoms with Gasteiger partial charge in [0.05, 0.1) is 29.3 Å². The molecular weight excluding hydrogens is 336 g/mol. The Morgan fingerprint density at radius 2 is 1.96 bits per heavy atom. The predicted molar refractivity (Wildman–Crippen MR) is 87.5 cm³/mol. The molecule has 1 aliphatic heterocycles. The number of rotatable bonds is 4. The second-order valence-corrected chi connectivity index (χ2v) is 5.86. The van der Waals surface area contributed by atoms with E-state index in [1.165, 1.54) is 13.2 Å². The molecule has 0 aromatic heterocycles. The molecule has 1 aliphatic rings. The molecule has 130 valence electrons. The molecule has 0 spiro atoms. The van der Waals surface area contributed by atoms with Crippen molar-refractivity contribution in [2.24, 2.45) is 5.92 Å². The van der Waals surface area contributed by atoms with Gasteiger partial charge in [0.2, 0.25) is 0 Å². The summed E-state index contributed by atoms with van der Waals surface area (Å²) in [4.78, 5) is 37.1. The van der Waals surface area contributed by atoms with Crippen molar-refractivity contribution in [3.63, 3.8) is 0 Å². The molecule has 0 saturated carbocycles. The lowest BCUT2D eigenvalue weighted by molar-refractivity contribution is -0.149. The number of hydrogen-bond donors (Lipinski definition) is 1. The van der Waals surface area contributed by atoms with Crippen molar-refractivity contribution in [1.82, 2.24) is 4.90 Å². The van der Waals surface area contributed by atoms with Gasteiger partial charge in [-0.2, -0.15) is 0 Å². The van der Waals surface area contributed by atoms with E-state index in [0.29, 0.717) is 25.9 Å². The average molecular weight is 355 g/mol. The van der Waals surface area contributed by atoms with Gasteiger partial charge < -0.3 is 20.1 Å². The van der Waals surface area contributed by atoms with Crippen molar-refractivity contribution < 1.29 is 23.9 Å². The first kappa shape index (κ1) is 18.1. The highest BCUT2D eigenvalue weighted by molar-refractivity contribution is 6.33. The fourth-order valence-electron chi connectivity index (χ4n) is 2.54. The molecular formula is C16H19ClN2O5. The van der Waals surface area contributed by atoms with Gasteiger partial charge in [-0.15, -0.1) is 0 Å². The monoisotopic (exact) mass is 354 g/mol. The maximum absolute atomic E-state index is 12.1. The number of methoxy groups -OCH3 is 1. The molecule has 1 heterocycles. The number of nitrogens with zero attached hydrogens (tertiary/aromatic N) is 1. The smallest absolute Gasteiger partial charge is 0.340 e. The van der Waals surface area contributed by atoms with Gasteiger partial charge in [0.1, 0.15) is 0 Å². The highest BCUT2D eigenvalue weighted by Crippen LogP contribution is 2.23. The molecule has 24 heavy (non-hydrogen) atoms. The molecule has 1 saturated heterocycles. The molecule has 8 heteroatoms. The molecule has 2 rings (SSSR count). The van der Waals surface area contributed by atoms with Crippen molar-refractivity contribution in [3.8, 4) is 0 Å². The zero-order valence-corrected chi connectivity index (χ0v) is 14.0. The van der Waals surface area contributed by atoms with E-state index in [4.69, 9.17) is 26.8 Å². The molecule has 2 N–H and O–H groups in total. The van der Waals surface area contributed by atoms with Crippen LogP contribution in [0, 0.1) is 5.92 Å². The number of esters is 2. The Bertz CT molecular complexity index is 641. The number of para-hydroxylation sites is 1. The molecule has 1 aromatic carbocycles. The Kier molecular flexibility index (Phi) is 6.03. The SMILES string of the molecule is COC(=O)C1CCN(C(=O)COC(=O)c2cccc(Cl)c2N)CC1. The second kappa shape index (κ2) is 8.01. The first-order valence-electron chi connectivity index (χ1n) is 7.50. The number of amides is 1. The molecule has 1 fully saturated rings. The van der Waals surface area contributed by atoms with E-state index in [-0.39, 0.29) is 40.7 Å². The fraction of sp³-hybridized carbons (Fsp3) is 0.438. The van der Waals surface area contributed by atoms with Gasteiger partial charge in [-0.25, -0.2) is 4.79 Å². The molecule has 1 aromatic rings. The number of nitrogens with two attached hydrogens (primary N) is 1. The van der Waals surface area contributed by atoms with E-state index >= 15 is 0 Å². The maximum atomic E-state index is 12.1. The normalized spacial score (nSPS) is 15.0. The van der Waals surface area contributed by atoms with Gasteiger partial charge in [0, 0.05) is 13.1 Å². The maximum Gasteiger partial charge on any atom is 0.340 e. The van der Waals surface area contributed by atoms with E-state index < -0.39 is 5.97 Å². The first-order chi connectivity index (χ1) is 11.4. The van der Waals surface area contributed by atoms with E-state index in [1.807, 2.05) is 0 Å². The lowest BCUT2D eigenvalue weighted by Gasteiger charge is -2.30. The number of nitrogen functional groups attached to an aromatic ring is 1. The number of ether oxygens (including phenoxy) is 2. The summed E-state index contributed by atoms with van der Waals surface area (Å²) < 4.78 is 9.71. The minimum Gasteiger partial charge on any atom is -0.469 e. The second-order valence-electron chi connectivity index (χ2n) is 5.46. The van der Waals surface area contributed by atoms with Gasteiger partial charge in [0.25, 0.3) is 5.91 Å². The van der Waals surface area contributed by atoms with E-state index in [1.54, 1.807) is 17.0 Å². The van der Waals surface area contributed by atoms with E-state index in [2.05, 4.69) is 0 Å². The molecule has 0 unspecified atom stereocenters. The van der Waals surface area contributed by atoms with Crippen LogP contribution in [0.1, 0.15) is 23.2 Å². The van der Waals surface area contributed by atoms with Crippen LogP contribution < -0.4 is 5.73 Å². The van der Waals surface area contributed by atoms with Crippen LogP contribution >= 0.6 is 11.6 Å². The third kappa shape index (κ3) is 4.17. The number of piperidine rings is 1. The average Bonchev–Trinajstić information content (AvgIpc) is 2.61. The summed E-state index contributed by atoms with van der Waals surface area (Å²) in [6.45, 7) is 0.471. The van der Waals surface area contributed by atoms with Crippen LogP contribution in [0.2, 0.25) is 5.02 Å². The molecule has 0 radical (unpaired) electrons. The predicted octanol–water partition coefficient (Wildman–Crippen LogP) is 1.49. The lowest BCUT2D eigenvalue weighted by atomic mass is 9.97. The van der Waals surface area contributed by atoms with Crippen LogP contribution in [0.3, 0.4) is 0 Å². The Labute approximate surface area is 144 Å². The number of halogens is 1. The Morgan fingerprint density at radius 1 is 1.29 bits per heavy atom. The third-order valence-corrected chi connectivity index (χ3v) is 4.31. The third-order valence-electron chi connectivity index (χ3n) is 3.98. The van der Waals surface area contributed by atoms with Crippen LogP contribution in [0.15, 0.2) is 18.2 Å². The van der Waals surface area contributed by atoms with Crippen LogP contribution in [0.5, 0.6) is 0 Å². The number of likely N-dealkylation sites (tertiary alicyclic amines) is 1. The largest absolute Gasteiger partial charge is 0.469 e. The molecule has 0 bridgehead atoms. The van der Waals surface area contributed by atoms with Gasteiger partial charge >= 0.3 is 11.9 Å². The van der Waals surface area contributed by atoms with Gasteiger partial charge in [-0.05, 0) is 25.0 Å². The summed E-state index contributed by atoms with van der Waals surface area (Å²) in [5.74, 6) is -1.46. The van der Waals surface area contributed by atoms with Gasteiger partial charge in [-0.1, -0.05) is 17.7 Å².